The zero-order valence-electron chi connectivity index (χ0n) is 16.2. The Kier molecular flexibility index (Phi) is 6.75. The SMILES string of the molecule is CN(C)[C@@H](CNC(=O)[C@@H]1CCCN(C(=O)c2ccoc2)C1)c1ccccc1Cl. The first kappa shape index (κ1) is 20.4. The van der Waals surface area contributed by atoms with Gasteiger partial charge in [-0.25, -0.2) is 0 Å². The van der Waals surface area contributed by atoms with Gasteiger partial charge in [0.2, 0.25) is 5.91 Å². The van der Waals surface area contributed by atoms with E-state index in [1.54, 1.807) is 11.0 Å². The molecule has 2 aromatic rings. The molecule has 0 bridgehead atoms. The number of nitrogens with zero attached hydrogens (tertiary/aromatic N) is 2. The Hall–Kier alpha value is -2.31. The van der Waals surface area contributed by atoms with Crippen molar-refractivity contribution < 1.29 is 14.0 Å². The summed E-state index contributed by atoms with van der Waals surface area (Å²) in [4.78, 5) is 29.1. The number of hydrogen-bond acceptors (Lipinski definition) is 4. The predicted molar refractivity (Wildman–Crippen MR) is 108 cm³/mol. The van der Waals surface area contributed by atoms with E-state index in [4.69, 9.17) is 16.0 Å². The lowest BCUT2D eigenvalue weighted by Gasteiger charge is -2.32. The zero-order chi connectivity index (χ0) is 20.1. The molecule has 1 aliphatic rings. The topological polar surface area (TPSA) is 65.8 Å². The van der Waals surface area contributed by atoms with Crippen LogP contribution in [0.5, 0.6) is 0 Å². The number of likely N-dealkylation sites (tertiary alicyclic amines) is 1. The first-order valence-electron chi connectivity index (χ1n) is 9.47. The fourth-order valence-corrected chi connectivity index (χ4v) is 3.86. The van der Waals surface area contributed by atoms with Crippen molar-refractivity contribution in [1.29, 1.82) is 0 Å². The fourth-order valence-electron chi connectivity index (χ4n) is 3.60. The van der Waals surface area contributed by atoms with Crippen molar-refractivity contribution in [2.45, 2.75) is 18.9 Å². The third-order valence-corrected chi connectivity index (χ3v) is 5.55. The minimum atomic E-state index is -0.210. The number of benzene rings is 1. The summed E-state index contributed by atoms with van der Waals surface area (Å²) in [6, 6.07) is 9.30. The predicted octanol–water partition coefficient (Wildman–Crippen LogP) is 3.20. The second kappa shape index (κ2) is 9.26. The second-order valence-corrected chi connectivity index (χ2v) is 7.76. The second-order valence-electron chi connectivity index (χ2n) is 7.35. The van der Waals surface area contributed by atoms with E-state index in [1.165, 1.54) is 12.5 Å². The minimum Gasteiger partial charge on any atom is -0.472 e. The van der Waals surface area contributed by atoms with E-state index in [0.717, 1.165) is 18.4 Å². The largest absolute Gasteiger partial charge is 0.472 e. The first-order chi connectivity index (χ1) is 13.5. The maximum Gasteiger partial charge on any atom is 0.257 e. The summed E-state index contributed by atoms with van der Waals surface area (Å²) in [5.41, 5.74) is 1.50. The highest BCUT2D eigenvalue weighted by Crippen LogP contribution is 2.26. The number of carbonyl (C=O) groups excluding carboxylic acids is 2. The number of carbonyl (C=O) groups is 2. The van der Waals surface area contributed by atoms with Crippen LogP contribution in [-0.4, -0.2) is 55.3 Å². The van der Waals surface area contributed by atoms with Crippen LogP contribution in [-0.2, 0) is 4.79 Å². The van der Waals surface area contributed by atoms with Crippen molar-refractivity contribution in [3.8, 4) is 0 Å². The third kappa shape index (κ3) is 4.75. The standard InChI is InChI=1S/C21H26ClN3O3/c1-24(2)19(17-7-3-4-8-18(17)22)12-23-20(26)15-6-5-10-25(13-15)21(27)16-9-11-28-14-16/h3-4,7-9,11,14-15,19H,5-6,10,12-13H2,1-2H3,(H,23,26)/t15-,19+/m1/s1. The Labute approximate surface area is 170 Å². The molecular weight excluding hydrogens is 378 g/mol. The highest BCUT2D eigenvalue weighted by Gasteiger charge is 2.30. The molecule has 1 fully saturated rings. The number of rotatable bonds is 6. The van der Waals surface area contributed by atoms with Crippen LogP contribution in [0, 0.1) is 5.92 Å². The molecule has 0 spiro atoms. The van der Waals surface area contributed by atoms with Gasteiger partial charge in [0.15, 0.2) is 0 Å². The molecule has 2 amide bonds. The summed E-state index contributed by atoms with van der Waals surface area (Å²) in [7, 11) is 3.93. The number of furan rings is 1. The average molecular weight is 404 g/mol. The normalized spacial score (nSPS) is 18.1. The maximum absolute atomic E-state index is 12.8. The molecule has 3 rings (SSSR count). The summed E-state index contributed by atoms with van der Waals surface area (Å²) in [5, 5.41) is 3.74. The Morgan fingerprint density at radius 1 is 1.32 bits per heavy atom. The van der Waals surface area contributed by atoms with E-state index >= 15 is 0 Å². The summed E-state index contributed by atoms with van der Waals surface area (Å²) in [5.74, 6) is -0.323. The lowest BCUT2D eigenvalue weighted by atomic mass is 9.96. The highest BCUT2D eigenvalue weighted by molar-refractivity contribution is 6.31. The van der Waals surface area contributed by atoms with Gasteiger partial charge in [-0.2, -0.15) is 0 Å². The first-order valence-corrected chi connectivity index (χ1v) is 9.85. The Bertz CT molecular complexity index is 807. The van der Waals surface area contributed by atoms with Crippen molar-refractivity contribution >= 4 is 23.4 Å². The molecule has 2 atom stereocenters. The van der Waals surface area contributed by atoms with Crippen LogP contribution in [0.25, 0.3) is 0 Å². The molecule has 7 heteroatoms. The molecule has 6 nitrogen and oxygen atoms in total. The van der Waals surface area contributed by atoms with E-state index in [1.807, 2.05) is 43.3 Å². The minimum absolute atomic E-state index is 0.0232. The van der Waals surface area contributed by atoms with E-state index in [-0.39, 0.29) is 23.8 Å². The summed E-state index contributed by atoms with van der Waals surface area (Å²) < 4.78 is 5.00. The van der Waals surface area contributed by atoms with Crippen LogP contribution in [0.2, 0.25) is 5.02 Å². The number of hydrogen-bond donors (Lipinski definition) is 1. The van der Waals surface area contributed by atoms with Crippen LogP contribution in [0.1, 0.15) is 34.8 Å². The fraction of sp³-hybridized carbons (Fsp3) is 0.429. The van der Waals surface area contributed by atoms with Gasteiger partial charge in [-0.15, -0.1) is 0 Å². The lowest BCUT2D eigenvalue weighted by Crippen LogP contribution is -2.46. The van der Waals surface area contributed by atoms with Crippen molar-refractivity contribution in [1.82, 2.24) is 15.1 Å². The Morgan fingerprint density at radius 2 is 2.11 bits per heavy atom. The number of likely N-dealkylation sites (N-methyl/N-ethyl adjacent to an activating group) is 1. The zero-order valence-corrected chi connectivity index (χ0v) is 17.0. The van der Waals surface area contributed by atoms with Crippen molar-refractivity contribution in [2.75, 3.05) is 33.7 Å². The smallest absolute Gasteiger partial charge is 0.257 e. The number of nitrogens with one attached hydrogen (secondary N) is 1. The quantitative estimate of drug-likeness (QED) is 0.804. The Balaban J connectivity index is 1.60. The van der Waals surface area contributed by atoms with Gasteiger partial charge in [0.25, 0.3) is 5.91 Å². The van der Waals surface area contributed by atoms with Crippen LogP contribution in [0.15, 0.2) is 47.3 Å². The van der Waals surface area contributed by atoms with Gasteiger partial charge >= 0.3 is 0 Å². The van der Waals surface area contributed by atoms with Crippen molar-refractivity contribution in [3.63, 3.8) is 0 Å². The van der Waals surface area contributed by atoms with E-state index in [0.29, 0.717) is 30.2 Å². The summed E-state index contributed by atoms with van der Waals surface area (Å²) in [6.45, 7) is 1.55. The van der Waals surface area contributed by atoms with Gasteiger partial charge in [0.05, 0.1) is 23.8 Å². The molecule has 1 N–H and O–H groups in total. The van der Waals surface area contributed by atoms with Crippen LogP contribution < -0.4 is 5.32 Å². The third-order valence-electron chi connectivity index (χ3n) is 5.20. The van der Waals surface area contributed by atoms with Crippen molar-refractivity contribution in [3.05, 3.63) is 59.0 Å². The van der Waals surface area contributed by atoms with Gasteiger partial charge < -0.3 is 19.5 Å². The van der Waals surface area contributed by atoms with Crippen molar-refractivity contribution in [2.24, 2.45) is 5.92 Å². The molecule has 2 heterocycles. The van der Waals surface area contributed by atoms with Gasteiger partial charge in [0.1, 0.15) is 6.26 Å². The van der Waals surface area contributed by atoms with E-state index in [9.17, 15) is 9.59 Å². The van der Waals surface area contributed by atoms with Crippen LogP contribution in [0.3, 0.4) is 0 Å². The molecule has 0 saturated carbocycles. The van der Waals surface area contributed by atoms with Gasteiger partial charge in [-0.05, 0) is 44.6 Å². The highest BCUT2D eigenvalue weighted by atomic mass is 35.5. The lowest BCUT2D eigenvalue weighted by molar-refractivity contribution is -0.126. The molecule has 1 saturated heterocycles. The average Bonchev–Trinajstić information content (AvgIpc) is 3.23. The van der Waals surface area contributed by atoms with Gasteiger partial charge in [-0.1, -0.05) is 29.8 Å². The monoisotopic (exact) mass is 403 g/mol. The molecular formula is C21H26ClN3O3. The molecule has 1 aromatic heterocycles. The van der Waals surface area contributed by atoms with Crippen LogP contribution >= 0.6 is 11.6 Å². The number of piperidine rings is 1. The molecule has 0 radical (unpaired) electrons. The van der Waals surface area contributed by atoms with Crippen LogP contribution in [0.4, 0.5) is 0 Å². The maximum atomic E-state index is 12.8. The number of amides is 2. The molecule has 28 heavy (non-hydrogen) atoms. The number of halogens is 1. The Morgan fingerprint density at radius 3 is 2.79 bits per heavy atom. The molecule has 1 aliphatic heterocycles. The van der Waals surface area contributed by atoms with E-state index in [2.05, 4.69) is 5.32 Å². The molecule has 0 aliphatic carbocycles. The van der Waals surface area contributed by atoms with Gasteiger partial charge in [-0.3, -0.25) is 9.59 Å². The summed E-state index contributed by atoms with van der Waals surface area (Å²) in [6.07, 6.45) is 4.51. The molecule has 0 unspecified atom stereocenters. The summed E-state index contributed by atoms with van der Waals surface area (Å²) >= 11 is 6.34. The molecule has 1 aromatic carbocycles. The molecule has 150 valence electrons. The van der Waals surface area contributed by atoms with E-state index < -0.39 is 0 Å². The van der Waals surface area contributed by atoms with Gasteiger partial charge in [0, 0.05) is 24.7 Å².